The first-order valence-electron chi connectivity index (χ1n) is 9.33. The van der Waals surface area contributed by atoms with Crippen molar-refractivity contribution in [3.8, 4) is 11.3 Å². The van der Waals surface area contributed by atoms with Crippen LogP contribution in [0.2, 0.25) is 0 Å². The van der Waals surface area contributed by atoms with E-state index in [0.29, 0.717) is 9.90 Å². The van der Waals surface area contributed by atoms with Crippen molar-refractivity contribution in [3.63, 3.8) is 0 Å². The van der Waals surface area contributed by atoms with Gasteiger partial charge in [-0.05, 0) is 49.6 Å². The van der Waals surface area contributed by atoms with Gasteiger partial charge in [-0.1, -0.05) is 29.8 Å². The molecule has 150 valence electrons. The number of aromatic nitrogens is 3. The number of hydrogen-bond donors (Lipinski definition) is 2. The molecular weight excluding hydrogens is 416 g/mol. The predicted molar refractivity (Wildman–Crippen MR) is 121 cm³/mol. The molecule has 2 aromatic carbocycles. The van der Waals surface area contributed by atoms with E-state index in [4.69, 9.17) is 0 Å². The van der Waals surface area contributed by atoms with Crippen LogP contribution in [-0.2, 0) is 10.0 Å². The van der Waals surface area contributed by atoms with Gasteiger partial charge in [-0.25, -0.2) is 18.4 Å². The van der Waals surface area contributed by atoms with Crippen molar-refractivity contribution in [1.29, 1.82) is 0 Å². The van der Waals surface area contributed by atoms with Crippen LogP contribution < -0.4 is 4.72 Å². The largest absolute Gasteiger partial charge is 0.343 e. The molecule has 30 heavy (non-hydrogen) atoms. The molecule has 0 saturated carbocycles. The third-order valence-electron chi connectivity index (χ3n) is 4.88. The minimum absolute atomic E-state index is 0.299. The normalized spacial score (nSPS) is 11.9. The molecule has 5 rings (SSSR count). The zero-order valence-corrected chi connectivity index (χ0v) is 17.9. The topological polar surface area (TPSA) is 87.7 Å². The number of benzene rings is 2. The van der Waals surface area contributed by atoms with Gasteiger partial charge in [0.15, 0.2) is 0 Å². The lowest BCUT2D eigenvalue weighted by Gasteiger charge is -2.07. The lowest BCUT2D eigenvalue weighted by atomic mass is 10.1. The third-order valence-corrected chi connectivity index (χ3v) is 7.86. The molecule has 0 radical (unpaired) electrons. The van der Waals surface area contributed by atoms with Crippen molar-refractivity contribution < 1.29 is 8.42 Å². The second-order valence-electron chi connectivity index (χ2n) is 7.23. The van der Waals surface area contributed by atoms with Gasteiger partial charge in [0.2, 0.25) is 0 Å². The highest BCUT2D eigenvalue weighted by molar-refractivity contribution is 7.94. The average Bonchev–Trinajstić information content (AvgIpc) is 3.30. The van der Waals surface area contributed by atoms with Crippen LogP contribution in [0.5, 0.6) is 0 Å². The Bertz CT molecular complexity index is 1500. The van der Waals surface area contributed by atoms with Gasteiger partial charge in [0.05, 0.1) is 5.69 Å². The summed E-state index contributed by atoms with van der Waals surface area (Å²) in [5, 5.41) is 1.87. The zero-order chi connectivity index (χ0) is 20.9. The standard InChI is InChI=1S/C22H18N4O2S2/c1-13-3-8-19-16(9-13)11-20(29-19)30(27,28)26-17-6-4-15(5-7-17)21-18-10-14(2)25-22(18)24-12-23-21/h3-12,26H,1-2H3,(H,23,24,25). The third kappa shape index (κ3) is 3.34. The van der Waals surface area contributed by atoms with E-state index in [1.54, 1.807) is 18.2 Å². The molecule has 0 amide bonds. The summed E-state index contributed by atoms with van der Waals surface area (Å²) in [5.41, 5.74) is 5.09. The van der Waals surface area contributed by atoms with Crippen molar-refractivity contribution in [2.75, 3.05) is 4.72 Å². The lowest BCUT2D eigenvalue weighted by molar-refractivity contribution is 0.603. The van der Waals surface area contributed by atoms with E-state index in [9.17, 15) is 8.42 Å². The minimum atomic E-state index is -3.66. The molecule has 0 aliphatic heterocycles. The molecule has 8 heteroatoms. The molecule has 6 nitrogen and oxygen atoms in total. The number of H-pyrrole nitrogens is 1. The molecule has 0 atom stereocenters. The maximum Gasteiger partial charge on any atom is 0.271 e. The molecule has 0 unspecified atom stereocenters. The maximum absolute atomic E-state index is 12.9. The van der Waals surface area contributed by atoms with Gasteiger partial charge in [-0.3, -0.25) is 4.72 Å². The Labute approximate surface area is 177 Å². The molecule has 5 aromatic rings. The minimum Gasteiger partial charge on any atom is -0.343 e. The van der Waals surface area contributed by atoms with E-state index < -0.39 is 10.0 Å². The van der Waals surface area contributed by atoms with Gasteiger partial charge in [-0.2, -0.15) is 0 Å². The molecule has 0 aliphatic carbocycles. The van der Waals surface area contributed by atoms with E-state index in [1.165, 1.54) is 17.7 Å². The Balaban J connectivity index is 1.45. The van der Waals surface area contributed by atoms with Crippen LogP contribution in [0.4, 0.5) is 5.69 Å². The van der Waals surface area contributed by atoms with Gasteiger partial charge >= 0.3 is 0 Å². The number of nitrogens with one attached hydrogen (secondary N) is 2. The van der Waals surface area contributed by atoms with Gasteiger partial charge in [0.1, 0.15) is 16.2 Å². The molecule has 3 heterocycles. The van der Waals surface area contributed by atoms with Crippen molar-refractivity contribution in [2.45, 2.75) is 18.1 Å². The highest BCUT2D eigenvalue weighted by Gasteiger charge is 2.18. The van der Waals surface area contributed by atoms with Gasteiger partial charge in [-0.15, -0.1) is 11.3 Å². The first-order valence-corrected chi connectivity index (χ1v) is 11.6. The Kier molecular flexibility index (Phi) is 4.34. The van der Waals surface area contributed by atoms with Crippen molar-refractivity contribution in [1.82, 2.24) is 15.0 Å². The Hall–Kier alpha value is -3.23. The number of hydrogen-bond acceptors (Lipinski definition) is 5. The van der Waals surface area contributed by atoms with E-state index in [2.05, 4.69) is 19.7 Å². The first kappa shape index (κ1) is 18.8. The molecule has 2 N–H and O–H groups in total. The average molecular weight is 435 g/mol. The Morgan fingerprint density at radius 2 is 1.77 bits per heavy atom. The van der Waals surface area contributed by atoms with Crippen LogP contribution in [-0.4, -0.2) is 23.4 Å². The summed E-state index contributed by atoms with van der Waals surface area (Å²) < 4.78 is 29.6. The smallest absolute Gasteiger partial charge is 0.271 e. The fraction of sp³-hybridized carbons (Fsp3) is 0.0909. The van der Waals surface area contributed by atoms with E-state index >= 15 is 0 Å². The Morgan fingerprint density at radius 1 is 0.967 bits per heavy atom. The monoisotopic (exact) mass is 434 g/mol. The molecule has 0 saturated heterocycles. The van der Waals surface area contributed by atoms with Crippen LogP contribution in [0, 0.1) is 13.8 Å². The predicted octanol–water partition coefficient (Wildman–Crippen LogP) is 5.26. The maximum atomic E-state index is 12.9. The molecule has 0 fully saturated rings. The molecule has 0 aliphatic rings. The van der Waals surface area contributed by atoms with Crippen LogP contribution >= 0.6 is 11.3 Å². The van der Waals surface area contributed by atoms with Gasteiger partial charge in [0, 0.05) is 27.0 Å². The highest BCUT2D eigenvalue weighted by atomic mass is 32.2. The summed E-state index contributed by atoms with van der Waals surface area (Å²) >= 11 is 1.27. The lowest BCUT2D eigenvalue weighted by Crippen LogP contribution is -2.11. The number of aryl methyl sites for hydroxylation is 2. The van der Waals surface area contributed by atoms with Crippen molar-refractivity contribution in [3.05, 3.63) is 72.2 Å². The number of aromatic amines is 1. The Morgan fingerprint density at radius 3 is 2.57 bits per heavy atom. The van der Waals surface area contributed by atoms with Crippen molar-refractivity contribution in [2.24, 2.45) is 0 Å². The number of nitrogens with zero attached hydrogens (tertiary/aromatic N) is 2. The molecule has 0 spiro atoms. The van der Waals surface area contributed by atoms with E-state index in [-0.39, 0.29) is 0 Å². The number of sulfonamides is 1. The molecule has 3 aromatic heterocycles. The summed E-state index contributed by atoms with van der Waals surface area (Å²) in [6.07, 6.45) is 1.52. The van der Waals surface area contributed by atoms with Crippen molar-refractivity contribution >= 4 is 48.2 Å². The second-order valence-corrected chi connectivity index (χ2v) is 10.2. The van der Waals surface area contributed by atoms with Gasteiger partial charge < -0.3 is 4.98 Å². The quantitative estimate of drug-likeness (QED) is 0.404. The second kappa shape index (κ2) is 6.93. The molecule has 0 bridgehead atoms. The van der Waals surface area contributed by atoms with Gasteiger partial charge in [0.25, 0.3) is 10.0 Å². The van der Waals surface area contributed by atoms with Crippen LogP contribution in [0.25, 0.3) is 32.4 Å². The number of rotatable bonds is 4. The van der Waals surface area contributed by atoms with E-state index in [1.807, 2.05) is 50.2 Å². The summed E-state index contributed by atoms with van der Waals surface area (Å²) in [4.78, 5) is 11.9. The SMILES string of the molecule is Cc1ccc2sc(S(=O)(=O)Nc3ccc(-c4ncnc5[nH]c(C)cc45)cc3)cc2c1. The van der Waals surface area contributed by atoms with Crippen LogP contribution in [0.15, 0.2) is 65.1 Å². The number of anilines is 1. The summed E-state index contributed by atoms with van der Waals surface area (Å²) in [5.74, 6) is 0. The summed E-state index contributed by atoms with van der Waals surface area (Å²) in [6.45, 7) is 3.96. The fourth-order valence-corrected chi connectivity index (χ4v) is 5.91. The fourth-order valence-electron chi connectivity index (χ4n) is 3.47. The van der Waals surface area contributed by atoms with Crippen LogP contribution in [0.1, 0.15) is 11.3 Å². The first-order chi connectivity index (χ1) is 14.4. The highest BCUT2D eigenvalue weighted by Crippen LogP contribution is 2.32. The zero-order valence-electron chi connectivity index (χ0n) is 16.3. The summed E-state index contributed by atoms with van der Waals surface area (Å²) in [6, 6.07) is 16.9. The molecular formula is C22H18N4O2S2. The number of thiophene rings is 1. The summed E-state index contributed by atoms with van der Waals surface area (Å²) in [7, 11) is -3.66. The van der Waals surface area contributed by atoms with Crippen LogP contribution in [0.3, 0.4) is 0 Å². The van der Waals surface area contributed by atoms with E-state index in [0.717, 1.165) is 43.6 Å². The number of fused-ring (bicyclic) bond motifs is 2.